The monoisotopic (exact) mass is 250 g/mol. The number of hydrogen-bond acceptors (Lipinski definition) is 2. The molecule has 0 saturated carbocycles. The molecule has 18 heavy (non-hydrogen) atoms. The highest BCUT2D eigenvalue weighted by Gasteiger charge is 2.23. The molecule has 1 aromatic carbocycles. The van der Waals surface area contributed by atoms with E-state index in [0.29, 0.717) is 23.1 Å². The van der Waals surface area contributed by atoms with E-state index in [0.717, 1.165) is 18.4 Å². The van der Waals surface area contributed by atoms with Crippen LogP contribution >= 0.6 is 0 Å². The van der Waals surface area contributed by atoms with Gasteiger partial charge in [0.25, 0.3) is 0 Å². The minimum Gasteiger partial charge on any atom is -0.497 e. The molecule has 0 amide bonds. The lowest BCUT2D eigenvalue weighted by Crippen LogP contribution is -2.19. The molecule has 0 heterocycles. The first kappa shape index (κ1) is 13.1. The van der Waals surface area contributed by atoms with E-state index in [9.17, 15) is 9.50 Å². The van der Waals surface area contributed by atoms with Crippen molar-refractivity contribution in [1.29, 1.82) is 0 Å². The van der Waals surface area contributed by atoms with Crippen LogP contribution < -0.4 is 4.74 Å². The Morgan fingerprint density at radius 3 is 2.83 bits per heavy atom. The first-order valence-corrected chi connectivity index (χ1v) is 6.29. The second-order valence-corrected chi connectivity index (χ2v) is 4.93. The molecule has 0 spiro atoms. The maximum atomic E-state index is 13.9. The lowest BCUT2D eigenvalue weighted by Gasteiger charge is -2.27. The normalized spacial score (nSPS) is 23.7. The van der Waals surface area contributed by atoms with Crippen LogP contribution in [0.2, 0.25) is 0 Å². The van der Waals surface area contributed by atoms with Crippen LogP contribution in [-0.4, -0.2) is 18.8 Å². The summed E-state index contributed by atoms with van der Waals surface area (Å²) in [6.45, 7) is 2.30. The molecule has 0 saturated heterocycles. The smallest absolute Gasteiger partial charge is 0.130 e. The van der Waals surface area contributed by atoms with Gasteiger partial charge in [0.1, 0.15) is 11.6 Å². The second kappa shape index (κ2) is 5.53. The van der Waals surface area contributed by atoms with Crippen molar-refractivity contribution in [2.75, 3.05) is 13.7 Å². The zero-order chi connectivity index (χ0) is 13.1. The number of benzene rings is 1. The molecule has 98 valence electrons. The number of allylic oxidation sites excluding steroid dienone is 2. The Morgan fingerprint density at radius 1 is 1.44 bits per heavy atom. The molecule has 0 bridgehead atoms. The van der Waals surface area contributed by atoms with Crippen molar-refractivity contribution in [2.45, 2.75) is 19.8 Å². The summed E-state index contributed by atoms with van der Waals surface area (Å²) >= 11 is 0. The third kappa shape index (κ3) is 2.56. The van der Waals surface area contributed by atoms with Gasteiger partial charge in [-0.2, -0.15) is 0 Å². The van der Waals surface area contributed by atoms with Crippen LogP contribution in [-0.2, 0) is 0 Å². The largest absolute Gasteiger partial charge is 0.497 e. The van der Waals surface area contributed by atoms with Crippen LogP contribution in [0.4, 0.5) is 4.39 Å². The van der Waals surface area contributed by atoms with Crippen molar-refractivity contribution in [3.8, 4) is 5.75 Å². The molecule has 1 N–H and O–H groups in total. The summed E-state index contributed by atoms with van der Waals surface area (Å²) in [5.41, 5.74) is 1.64. The molecule has 0 aliphatic heterocycles. The minimum atomic E-state index is -0.211. The van der Waals surface area contributed by atoms with Crippen molar-refractivity contribution < 1.29 is 14.2 Å². The molecule has 1 aromatic rings. The highest BCUT2D eigenvalue weighted by Crippen LogP contribution is 2.36. The zero-order valence-corrected chi connectivity index (χ0v) is 10.8. The number of aliphatic hydroxyl groups is 1. The summed E-state index contributed by atoms with van der Waals surface area (Å²) in [5, 5.41) is 9.23. The van der Waals surface area contributed by atoms with E-state index in [4.69, 9.17) is 4.74 Å². The SMILES string of the molecule is COc1ccc(F)c(C2=CCC(CO)C(C)C2)c1. The molecule has 2 rings (SSSR count). The lowest BCUT2D eigenvalue weighted by molar-refractivity contribution is 0.181. The number of rotatable bonds is 3. The lowest BCUT2D eigenvalue weighted by atomic mass is 9.79. The van der Waals surface area contributed by atoms with Crippen molar-refractivity contribution in [3.05, 3.63) is 35.7 Å². The van der Waals surface area contributed by atoms with E-state index < -0.39 is 0 Å². The third-order valence-electron chi connectivity index (χ3n) is 3.77. The van der Waals surface area contributed by atoms with E-state index in [-0.39, 0.29) is 12.4 Å². The maximum absolute atomic E-state index is 13.9. The van der Waals surface area contributed by atoms with Crippen LogP contribution in [0.5, 0.6) is 5.75 Å². The first-order valence-electron chi connectivity index (χ1n) is 6.29. The van der Waals surface area contributed by atoms with Crippen LogP contribution in [0.25, 0.3) is 5.57 Å². The first-order chi connectivity index (χ1) is 8.65. The Kier molecular flexibility index (Phi) is 4.02. The van der Waals surface area contributed by atoms with Gasteiger partial charge < -0.3 is 9.84 Å². The molecule has 2 atom stereocenters. The van der Waals surface area contributed by atoms with E-state index in [1.165, 1.54) is 6.07 Å². The molecule has 1 aliphatic rings. The highest BCUT2D eigenvalue weighted by molar-refractivity contribution is 5.68. The third-order valence-corrected chi connectivity index (χ3v) is 3.77. The summed E-state index contributed by atoms with van der Waals surface area (Å²) in [5.74, 6) is 1.13. The summed E-state index contributed by atoms with van der Waals surface area (Å²) in [6.07, 6.45) is 3.65. The predicted molar refractivity (Wildman–Crippen MR) is 69.9 cm³/mol. The zero-order valence-electron chi connectivity index (χ0n) is 10.8. The van der Waals surface area contributed by atoms with E-state index in [1.807, 2.05) is 6.08 Å². The van der Waals surface area contributed by atoms with Gasteiger partial charge >= 0.3 is 0 Å². The van der Waals surface area contributed by atoms with E-state index in [2.05, 4.69) is 6.92 Å². The summed E-state index contributed by atoms with van der Waals surface area (Å²) in [4.78, 5) is 0. The van der Waals surface area contributed by atoms with Gasteiger partial charge in [0.15, 0.2) is 0 Å². The standard InChI is InChI=1S/C15H19FO2/c1-10-7-11(3-4-12(10)9-17)14-8-13(18-2)5-6-15(14)16/h3,5-6,8,10,12,17H,4,7,9H2,1-2H3. The molecule has 0 fully saturated rings. The van der Waals surface area contributed by atoms with Crippen LogP contribution in [0, 0.1) is 17.7 Å². The topological polar surface area (TPSA) is 29.5 Å². The number of aliphatic hydroxyl groups excluding tert-OH is 1. The van der Waals surface area contributed by atoms with Crippen molar-refractivity contribution in [3.63, 3.8) is 0 Å². The van der Waals surface area contributed by atoms with Gasteiger partial charge in [-0.15, -0.1) is 0 Å². The molecule has 0 aromatic heterocycles. The van der Waals surface area contributed by atoms with E-state index >= 15 is 0 Å². The number of hydrogen-bond donors (Lipinski definition) is 1. The van der Waals surface area contributed by atoms with Crippen molar-refractivity contribution in [2.24, 2.45) is 11.8 Å². The van der Waals surface area contributed by atoms with Crippen molar-refractivity contribution >= 4 is 5.57 Å². The molecule has 0 radical (unpaired) electrons. The second-order valence-electron chi connectivity index (χ2n) is 4.93. The summed E-state index contributed by atoms with van der Waals surface area (Å²) < 4.78 is 19.0. The van der Waals surface area contributed by atoms with Gasteiger partial charge in [0, 0.05) is 12.2 Å². The van der Waals surface area contributed by atoms with Gasteiger partial charge in [-0.3, -0.25) is 0 Å². The summed E-state index contributed by atoms with van der Waals surface area (Å²) in [7, 11) is 1.58. The Morgan fingerprint density at radius 2 is 2.22 bits per heavy atom. The van der Waals surface area contributed by atoms with Gasteiger partial charge in [-0.25, -0.2) is 4.39 Å². The average molecular weight is 250 g/mol. The molecule has 2 nitrogen and oxygen atoms in total. The summed E-state index contributed by atoms with van der Waals surface area (Å²) in [6, 6.07) is 4.81. The van der Waals surface area contributed by atoms with Crippen LogP contribution in [0.1, 0.15) is 25.3 Å². The quantitative estimate of drug-likeness (QED) is 0.892. The fourth-order valence-electron chi connectivity index (χ4n) is 2.47. The highest BCUT2D eigenvalue weighted by atomic mass is 19.1. The number of methoxy groups -OCH3 is 1. The average Bonchev–Trinajstić information content (AvgIpc) is 2.39. The Bertz CT molecular complexity index is 454. The molecule has 2 unspecified atom stereocenters. The van der Waals surface area contributed by atoms with Crippen LogP contribution in [0.3, 0.4) is 0 Å². The molecular weight excluding hydrogens is 231 g/mol. The minimum absolute atomic E-state index is 0.200. The van der Waals surface area contributed by atoms with E-state index in [1.54, 1.807) is 19.2 Å². The molecule has 1 aliphatic carbocycles. The van der Waals surface area contributed by atoms with Crippen molar-refractivity contribution in [1.82, 2.24) is 0 Å². The fourth-order valence-corrected chi connectivity index (χ4v) is 2.47. The number of ether oxygens (including phenoxy) is 1. The van der Waals surface area contributed by atoms with Crippen LogP contribution in [0.15, 0.2) is 24.3 Å². The van der Waals surface area contributed by atoms with Gasteiger partial charge in [-0.1, -0.05) is 13.0 Å². The van der Waals surface area contributed by atoms with Gasteiger partial charge in [-0.05, 0) is 48.4 Å². The van der Waals surface area contributed by atoms with Gasteiger partial charge in [0.2, 0.25) is 0 Å². The van der Waals surface area contributed by atoms with Gasteiger partial charge in [0.05, 0.1) is 7.11 Å². The maximum Gasteiger partial charge on any atom is 0.130 e. The fraction of sp³-hybridized carbons (Fsp3) is 0.467. The molecular formula is C15H19FO2. The Balaban J connectivity index is 2.29. The molecule has 3 heteroatoms. The Labute approximate surface area is 107 Å². The predicted octanol–water partition coefficient (Wildman–Crippen LogP) is 3.26. The Hall–Kier alpha value is -1.35. The number of halogens is 1.